The fourth-order valence-electron chi connectivity index (χ4n) is 3.13. The average molecular weight is 271 g/mol. The van der Waals surface area contributed by atoms with E-state index in [1.165, 1.54) is 0 Å². The highest BCUT2D eigenvalue weighted by molar-refractivity contribution is 5.66. The topological polar surface area (TPSA) is 59.0 Å². The van der Waals surface area contributed by atoms with Gasteiger partial charge in [-0.2, -0.15) is 0 Å². The summed E-state index contributed by atoms with van der Waals surface area (Å²) in [5.74, 6) is -0.707. The number of carboxylic acid groups (broad SMARTS) is 1. The van der Waals surface area contributed by atoms with Gasteiger partial charge in [0.1, 0.15) is 0 Å². The number of rotatable bonds is 5. The first-order valence-electron chi connectivity index (χ1n) is 7.25. The van der Waals surface area contributed by atoms with E-state index < -0.39 is 5.97 Å². The second-order valence-corrected chi connectivity index (χ2v) is 5.77. The van der Waals surface area contributed by atoms with Crippen molar-refractivity contribution in [3.8, 4) is 0 Å². The summed E-state index contributed by atoms with van der Waals surface area (Å²) in [5, 5.41) is 8.68. The van der Waals surface area contributed by atoms with Gasteiger partial charge in [0.25, 0.3) is 0 Å². The molecule has 2 aliphatic rings. The molecule has 110 valence electrons. The minimum Gasteiger partial charge on any atom is -0.481 e. The number of carboxylic acids is 1. The van der Waals surface area contributed by atoms with Gasteiger partial charge in [-0.15, -0.1) is 0 Å². The van der Waals surface area contributed by atoms with Crippen molar-refractivity contribution in [2.75, 3.05) is 33.4 Å². The van der Waals surface area contributed by atoms with Gasteiger partial charge in [-0.25, -0.2) is 0 Å². The second-order valence-electron chi connectivity index (χ2n) is 5.77. The molecule has 2 aliphatic heterocycles. The van der Waals surface area contributed by atoms with Gasteiger partial charge < -0.3 is 19.5 Å². The number of aliphatic carboxylic acids is 1. The number of ether oxygens (including phenoxy) is 2. The molecule has 19 heavy (non-hydrogen) atoms. The van der Waals surface area contributed by atoms with Gasteiger partial charge in [0.2, 0.25) is 0 Å². The first-order chi connectivity index (χ1) is 9.11. The predicted molar refractivity (Wildman–Crippen MR) is 71.3 cm³/mol. The first kappa shape index (κ1) is 14.8. The molecule has 0 amide bonds. The summed E-state index contributed by atoms with van der Waals surface area (Å²) < 4.78 is 11.5. The molecule has 2 saturated heterocycles. The minimum absolute atomic E-state index is 0.0161. The zero-order valence-electron chi connectivity index (χ0n) is 11.8. The number of hydrogen-bond acceptors (Lipinski definition) is 4. The first-order valence-corrected chi connectivity index (χ1v) is 7.25. The summed E-state index contributed by atoms with van der Waals surface area (Å²) in [6.07, 6.45) is 5.07. The number of carbonyl (C=O) groups is 1. The maximum atomic E-state index is 10.5. The Morgan fingerprint density at radius 2 is 2.11 bits per heavy atom. The lowest BCUT2D eigenvalue weighted by Gasteiger charge is -2.45. The highest BCUT2D eigenvalue weighted by Gasteiger charge is 2.39. The van der Waals surface area contributed by atoms with Crippen molar-refractivity contribution in [2.45, 2.75) is 50.2 Å². The van der Waals surface area contributed by atoms with Gasteiger partial charge in [0.05, 0.1) is 5.60 Å². The Morgan fingerprint density at radius 1 is 1.37 bits per heavy atom. The molecule has 2 fully saturated rings. The largest absolute Gasteiger partial charge is 0.481 e. The molecule has 0 aromatic heterocycles. The van der Waals surface area contributed by atoms with Crippen molar-refractivity contribution in [2.24, 2.45) is 0 Å². The molecule has 0 aliphatic carbocycles. The normalized spacial score (nSPS) is 26.7. The molecule has 1 N–H and O–H groups in total. The van der Waals surface area contributed by atoms with Crippen LogP contribution in [0.15, 0.2) is 0 Å². The van der Waals surface area contributed by atoms with Crippen LogP contribution in [0.1, 0.15) is 38.5 Å². The molecular formula is C14H25NO4. The second kappa shape index (κ2) is 6.68. The van der Waals surface area contributed by atoms with E-state index in [2.05, 4.69) is 11.9 Å². The van der Waals surface area contributed by atoms with Crippen LogP contribution in [-0.4, -0.2) is 61.0 Å². The van der Waals surface area contributed by atoms with Gasteiger partial charge >= 0.3 is 5.97 Å². The Morgan fingerprint density at radius 3 is 2.79 bits per heavy atom. The quantitative estimate of drug-likeness (QED) is 0.821. The third-order valence-corrected chi connectivity index (χ3v) is 4.40. The smallest absolute Gasteiger partial charge is 0.303 e. The Balaban J connectivity index is 1.80. The van der Waals surface area contributed by atoms with E-state index >= 15 is 0 Å². The predicted octanol–water partition coefficient (Wildman–Crippen LogP) is 1.51. The third-order valence-electron chi connectivity index (χ3n) is 4.40. The molecule has 1 atom stereocenters. The summed E-state index contributed by atoms with van der Waals surface area (Å²) in [4.78, 5) is 12.9. The van der Waals surface area contributed by atoms with Crippen LogP contribution < -0.4 is 0 Å². The van der Waals surface area contributed by atoms with E-state index in [4.69, 9.17) is 14.6 Å². The molecule has 0 saturated carbocycles. The SMILES string of the molecule is CN(CCCC(=O)O)C1CCOC2(CCOCC2)C1. The average Bonchev–Trinajstić information content (AvgIpc) is 2.39. The van der Waals surface area contributed by atoms with E-state index in [9.17, 15) is 4.79 Å². The Labute approximate surface area is 114 Å². The fourth-order valence-corrected chi connectivity index (χ4v) is 3.13. The lowest BCUT2D eigenvalue weighted by Crippen LogP contribution is -2.50. The minimum atomic E-state index is -0.707. The Hall–Kier alpha value is -0.650. The lowest BCUT2D eigenvalue weighted by molar-refractivity contribution is -0.150. The molecule has 1 unspecified atom stereocenters. The van der Waals surface area contributed by atoms with Crippen LogP contribution in [0.25, 0.3) is 0 Å². The molecule has 0 radical (unpaired) electrons. The highest BCUT2D eigenvalue weighted by atomic mass is 16.5. The van der Waals surface area contributed by atoms with Crippen LogP contribution in [0, 0.1) is 0 Å². The van der Waals surface area contributed by atoms with Crippen LogP contribution in [0.5, 0.6) is 0 Å². The molecule has 0 aromatic carbocycles. The van der Waals surface area contributed by atoms with Gasteiger partial charge in [-0.1, -0.05) is 0 Å². The van der Waals surface area contributed by atoms with E-state index in [-0.39, 0.29) is 12.0 Å². The molecule has 0 aromatic rings. The fraction of sp³-hybridized carbons (Fsp3) is 0.929. The summed E-state index contributed by atoms with van der Waals surface area (Å²) in [6, 6.07) is 0.514. The van der Waals surface area contributed by atoms with E-state index in [1.54, 1.807) is 0 Å². The Kier molecular flexibility index (Phi) is 5.19. The molecule has 0 bridgehead atoms. The van der Waals surface area contributed by atoms with Crippen molar-refractivity contribution >= 4 is 5.97 Å². The molecule has 5 heteroatoms. The molecular weight excluding hydrogens is 246 g/mol. The molecule has 2 heterocycles. The molecule has 1 spiro atoms. The van der Waals surface area contributed by atoms with Crippen LogP contribution in [0.3, 0.4) is 0 Å². The van der Waals surface area contributed by atoms with E-state index in [1.807, 2.05) is 0 Å². The van der Waals surface area contributed by atoms with E-state index in [0.29, 0.717) is 6.04 Å². The highest BCUT2D eigenvalue weighted by Crippen LogP contribution is 2.35. The van der Waals surface area contributed by atoms with Crippen molar-refractivity contribution in [3.63, 3.8) is 0 Å². The number of hydrogen-bond donors (Lipinski definition) is 1. The monoisotopic (exact) mass is 271 g/mol. The van der Waals surface area contributed by atoms with E-state index in [0.717, 1.165) is 58.5 Å². The van der Waals surface area contributed by atoms with Crippen LogP contribution >= 0.6 is 0 Å². The van der Waals surface area contributed by atoms with Crippen molar-refractivity contribution in [1.29, 1.82) is 0 Å². The molecule has 2 rings (SSSR count). The van der Waals surface area contributed by atoms with Crippen LogP contribution in [-0.2, 0) is 14.3 Å². The van der Waals surface area contributed by atoms with Crippen molar-refractivity contribution in [3.05, 3.63) is 0 Å². The zero-order chi connectivity index (χ0) is 13.7. The van der Waals surface area contributed by atoms with Gasteiger partial charge in [-0.05, 0) is 45.7 Å². The number of nitrogens with zero attached hydrogens (tertiary/aromatic N) is 1. The van der Waals surface area contributed by atoms with Crippen molar-refractivity contribution in [1.82, 2.24) is 4.90 Å². The third kappa shape index (κ3) is 4.16. The van der Waals surface area contributed by atoms with Gasteiger partial charge in [-0.3, -0.25) is 4.79 Å². The lowest BCUT2D eigenvalue weighted by atomic mass is 9.83. The standard InChI is InChI=1S/C14H25NO4/c1-15(7-2-3-13(16)17)12-4-8-19-14(11-12)5-9-18-10-6-14/h12H,2-11H2,1H3,(H,16,17). The maximum Gasteiger partial charge on any atom is 0.303 e. The van der Waals surface area contributed by atoms with Crippen LogP contribution in [0.4, 0.5) is 0 Å². The van der Waals surface area contributed by atoms with Gasteiger partial charge in [0, 0.05) is 32.3 Å². The zero-order valence-corrected chi connectivity index (χ0v) is 11.8. The molecule has 5 nitrogen and oxygen atoms in total. The van der Waals surface area contributed by atoms with Crippen LogP contribution in [0.2, 0.25) is 0 Å². The summed E-state index contributed by atoms with van der Waals surface area (Å²) >= 11 is 0. The summed E-state index contributed by atoms with van der Waals surface area (Å²) in [7, 11) is 2.10. The Bertz CT molecular complexity index is 296. The summed E-state index contributed by atoms with van der Waals surface area (Å²) in [5.41, 5.74) is 0.0161. The van der Waals surface area contributed by atoms with Crippen molar-refractivity contribution < 1.29 is 19.4 Å². The summed E-state index contributed by atoms with van der Waals surface area (Å²) in [6.45, 7) is 3.27. The maximum absolute atomic E-state index is 10.5. The van der Waals surface area contributed by atoms with Gasteiger partial charge in [0.15, 0.2) is 0 Å².